The van der Waals surface area contributed by atoms with Crippen molar-refractivity contribution in [2.24, 2.45) is 11.3 Å². The number of hydrogen-bond donors (Lipinski definition) is 1. The Kier molecular flexibility index (Phi) is 3.41. The molecule has 5 heteroatoms. The summed E-state index contributed by atoms with van der Waals surface area (Å²) in [5.74, 6) is -2.04. The lowest BCUT2D eigenvalue weighted by Gasteiger charge is -2.34. The zero-order valence-electron chi connectivity index (χ0n) is 11.7. The highest BCUT2D eigenvalue weighted by Gasteiger charge is 2.53. The minimum absolute atomic E-state index is 0.0176. The molecule has 2 rings (SSSR count). The van der Waals surface area contributed by atoms with E-state index < -0.39 is 29.1 Å². The van der Waals surface area contributed by atoms with Crippen LogP contribution in [0.4, 0.5) is 0 Å². The van der Waals surface area contributed by atoms with Crippen molar-refractivity contribution >= 4 is 17.7 Å². The van der Waals surface area contributed by atoms with Gasteiger partial charge in [0, 0.05) is 11.5 Å². The van der Waals surface area contributed by atoms with Crippen LogP contribution in [0.3, 0.4) is 0 Å². The van der Waals surface area contributed by atoms with Crippen molar-refractivity contribution in [1.82, 2.24) is 4.90 Å². The summed E-state index contributed by atoms with van der Waals surface area (Å²) in [5, 5.41) is 9.29. The zero-order chi connectivity index (χ0) is 14.4. The van der Waals surface area contributed by atoms with E-state index in [2.05, 4.69) is 0 Å². The number of carbonyl (C=O) groups excluding carboxylic acids is 2. The van der Waals surface area contributed by atoms with Gasteiger partial charge in [-0.3, -0.25) is 9.59 Å². The van der Waals surface area contributed by atoms with Gasteiger partial charge in [0.15, 0.2) is 0 Å². The summed E-state index contributed by atoms with van der Waals surface area (Å²) in [6.07, 6.45) is 2.95. The van der Waals surface area contributed by atoms with Gasteiger partial charge in [-0.15, -0.1) is 0 Å². The van der Waals surface area contributed by atoms with Gasteiger partial charge in [-0.05, 0) is 31.6 Å². The molecule has 1 aliphatic heterocycles. The van der Waals surface area contributed by atoms with E-state index in [1.807, 2.05) is 6.92 Å². The van der Waals surface area contributed by atoms with Gasteiger partial charge in [-0.2, -0.15) is 0 Å². The number of likely N-dealkylation sites (tertiary alicyclic amines) is 1. The molecule has 1 N–H and O–H groups in total. The summed E-state index contributed by atoms with van der Waals surface area (Å²) in [4.78, 5) is 37.3. The van der Waals surface area contributed by atoms with Crippen molar-refractivity contribution in [3.63, 3.8) is 0 Å². The third-order valence-electron chi connectivity index (χ3n) is 4.77. The first kappa shape index (κ1) is 14.0. The number of hydrogen-bond acceptors (Lipinski definition) is 3. The number of amides is 1. The first-order chi connectivity index (χ1) is 8.79. The molecule has 19 heavy (non-hydrogen) atoms. The molecule has 2 unspecified atom stereocenters. The smallest absolute Gasteiger partial charge is 0.326 e. The van der Waals surface area contributed by atoms with Crippen molar-refractivity contribution < 1.29 is 19.5 Å². The minimum atomic E-state index is -0.984. The molecule has 0 spiro atoms. The Hall–Kier alpha value is -1.39. The topological polar surface area (TPSA) is 74.7 Å². The maximum absolute atomic E-state index is 12.4. The number of carbonyl (C=O) groups is 3. The number of carboxylic acids is 1. The lowest BCUT2D eigenvalue weighted by Crippen LogP contribution is -2.53. The third-order valence-corrected chi connectivity index (χ3v) is 4.77. The number of ketones is 1. The number of Topliss-reactive ketones (excluding diaryl/α,β-unsaturated/α-hetero) is 1. The van der Waals surface area contributed by atoms with Crippen LogP contribution < -0.4 is 0 Å². The van der Waals surface area contributed by atoms with E-state index in [1.54, 1.807) is 13.8 Å². The lowest BCUT2D eigenvalue weighted by atomic mass is 9.84. The van der Waals surface area contributed by atoms with Crippen LogP contribution in [0.5, 0.6) is 0 Å². The average molecular weight is 267 g/mol. The number of carboxylic acid groups (broad SMARTS) is 1. The van der Waals surface area contributed by atoms with E-state index in [-0.39, 0.29) is 12.0 Å². The molecule has 1 amide bonds. The Morgan fingerprint density at radius 1 is 1.26 bits per heavy atom. The highest BCUT2D eigenvalue weighted by Crippen LogP contribution is 2.43. The van der Waals surface area contributed by atoms with Crippen molar-refractivity contribution in [2.75, 3.05) is 0 Å². The predicted molar refractivity (Wildman–Crippen MR) is 68.5 cm³/mol. The second-order valence-electron chi connectivity index (χ2n) is 6.29. The zero-order valence-corrected chi connectivity index (χ0v) is 11.7. The summed E-state index contributed by atoms with van der Waals surface area (Å²) >= 11 is 0. The van der Waals surface area contributed by atoms with Crippen LogP contribution in [0.2, 0.25) is 0 Å². The van der Waals surface area contributed by atoms with Crippen LogP contribution >= 0.6 is 0 Å². The van der Waals surface area contributed by atoms with E-state index in [9.17, 15) is 19.5 Å². The van der Waals surface area contributed by atoms with Crippen LogP contribution in [-0.2, 0) is 14.4 Å². The van der Waals surface area contributed by atoms with Gasteiger partial charge in [0.25, 0.3) is 5.91 Å². The molecule has 1 saturated heterocycles. The van der Waals surface area contributed by atoms with Crippen LogP contribution in [0.1, 0.15) is 46.5 Å². The highest BCUT2D eigenvalue weighted by molar-refractivity contribution is 6.38. The number of aliphatic carboxylic acids is 1. The summed E-state index contributed by atoms with van der Waals surface area (Å²) in [7, 11) is 0. The van der Waals surface area contributed by atoms with Gasteiger partial charge in [0.2, 0.25) is 5.78 Å². The second-order valence-corrected chi connectivity index (χ2v) is 6.29. The molecule has 2 bridgehead atoms. The van der Waals surface area contributed by atoms with Gasteiger partial charge in [0.1, 0.15) is 6.04 Å². The standard InChI is InChI=1S/C14H21NO4/c1-4-14(2,3)11(16)12(17)15-9-6-5-8(7-9)10(15)13(18)19/h8-10H,4-7H2,1-3H3,(H,18,19)/t8?,9?,10-/m0/s1. The Morgan fingerprint density at radius 2 is 1.89 bits per heavy atom. The maximum Gasteiger partial charge on any atom is 0.326 e. The molecule has 2 fully saturated rings. The van der Waals surface area contributed by atoms with E-state index >= 15 is 0 Å². The Morgan fingerprint density at radius 3 is 2.42 bits per heavy atom. The van der Waals surface area contributed by atoms with Crippen molar-refractivity contribution in [2.45, 2.75) is 58.5 Å². The Balaban J connectivity index is 2.23. The predicted octanol–water partition coefficient (Wildman–Crippen LogP) is 1.46. The van der Waals surface area contributed by atoms with Crippen LogP contribution in [-0.4, -0.2) is 39.7 Å². The van der Waals surface area contributed by atoms with E-state index in [4.69, 9.17) is 0 Å². The molecule has 1 aliphatic carbocycles. The lowest BCUT2D eigenvalue weighted by molar-refractivity contribution is -0.158. The first-order valence-electron chi connectivity index (χ1n) is 6.89. The molecule has 0 aromatic carbocycles. The van der Waals surface area contributed by atoms with E-state index in [0.717, 1.165) is 19.3 Å². The van der Waals surface area contributed by atoms with Gasteiger partial charge >= 0.3 is 5.97 Å². The molecular formula is C14H21NO4. The summed E-state index contributed by atoms with van der Waals surface area (Å²) < 4.78 is 0. The van der Waals surface area contributed by atoms with Crippen LogP contribution in [0, 0.1) is 11.3 Å². The number of rotatable bonds is 4. The fraction of sp³-hybridized carbons (Fsp3) is 0.786. The van der Waals surface area contributed by atoms with Crippen LogP contribution in [0.25, 0.3) is 0 Å². The number of fused-ring (bicyclic) bond motifs is 2. The molecular weight excluding hydrogens is 246 g/mol. The summed E-state index contributed by atoms with van der Waals surface area (Å²) in [5.41, 5.74) is -0.720. The molecule has 1 heterocycles. The monoisotopic (exact) mass is 267 g/mol. The van der Waals surface area contributed by atoms with Gasteiger partial charge < -0.3 is 10.0 Å². The normalized spacial score (nSPS) is 29.6. The van der Waals surface area contributed by atoms with E-state index in [0.29, 0.717) is 6.42 Å². The molecule has 0 radical (unpaired) electrons. The van der Waals surface area contributed by atoms with Crippen molar-refractivity contribution in [3.8, 4) is 0 Å². The average Bonchev–Trinajstić information content (AvgIpc) is 2.96. The molecule has 3 atom stereocenters. The molecule has 5 nitrogen and oxygen atoms in total. The Bertz CT molecular complexity index is 429. The van der Waals surface area contributed by atoms with Gasteiger partial charge in [-0.25, -0.2) is 4.79 Å². The minimum Gasteiger partial charge on any atom is -0.480 e. The number of piperidine rings is 1. The molecule has 0 aromatic heterocycles. The molecule has 2 aliphatic rings. The fourth-order valence-electron chi connectivity index (χ4n) is 3.17. The largest absolute Gasteiger partial charge is 0.480 e. The third kappa shape index (κ3) is 2.15. The summed E-state index contributed by atoms with van der Waals surface area (Å²) in [6.45, 7) is 5.32. The highest BCUT2D eigenvalue weighted by atomic mass is 16.4. The maximum atomic E-state index is 12.4. The fourth-order valence-corrected chi connectivity index (χ4v) is 3.17. The van der Waals surface area contributed by atoms with E-state index in [1.165, 1.54) is 4.90 Å². The first-order valence-corrected chi connectivity index (χ1v) is 6.89. The van der Waals surface area contributed by atoms with Crippen molar-refractivity contribution in [3.05, 3.63) is 0 Å². The summed E-state index contributed by atoms with van der Waals surface area (Å²) in [6, 6.07) is -0.863. The van der Waals surface area contributed by atoms with Crippen molar-refractivity contribution in [1.29, 1.82) is 0 Å². The number of nitrogens with zero attached hydrogens (tertiary/aromatic N) is 1. The molecule has 1 saturated carbocycles. The van der Waals surface area contributed by atoms with Gasteiger partial charge in [0.05, 0.1) is 0 Å². The molecule has 0 aromatic rings. The van der Waals surface area contributed by atoms with Gasteiger partial charge in [-0.1, -0.05) is 20.8 Å². The quantitative estimate of drug-likeness (QED) is 0.782. The SMILES string of the molecule is CCC(C)(C)C(=O)C(=O)N1C2CCC(C2)[C@H]1C(=O)O. The Labute approximate surface area is 113 Å². The molecule has 106 valence electrons. The second kappa shape index (κ2) is 4.62. The van der Waals surface area contributed by atoms with Crippen LogP contribution in [0.15, 0.2) is 0 Å².